The van der Waals surface area contributed by atoms with Crippen LogP contribution in [0.3, 0.4) is 0 Å². The van der Waals surface area contributed by atoms with Crippen molar-refractivity contribution in [2.24, 2.45) is 0 Å². The number of aromatic nitrogens is 3. The first kappa shape index (κ1) is 17.8. The van der Waals surface area contributed by atoms with Gasteiger partial charge in [-0.1, -0.05) is 0 Å². The summed E-state index contributed by atoms with van der Waals surface area (Å²) in [4.78, 5) is 28.5. The topological polar surface area (TPSA) is 74.2 Å². The number of pyridine rings is 1. The van der Waals surface area contributed by atoms with E-state index in [4.69, 9.17) is 0 Å². The molecule has 2 aromatic rings. The van der Waals surface area contributed by atoms with E-state index in [0.717, 1.165) is 25.1 Å². The second kappa shape index (κ2) is 8.93. The Hall–Kier alpha value is -2.54. The quantitative estimate of drug-likeness (QED) is 0.784. The third-order valence-corrected chi connectivity index (χ3v) is 3.57. The van der Waals surface area contributed by atoms with Crippen LogP contribution in [0.5, 0.6) is 0 Å². The Balaban J connectivity index is 1.84. The number of anilines is 1. The standard InChI is InChI=1S/C17H24N6O/c1-22(2)11-9-19-16-13-20-15(12-21-16)17(24)23(3)10-6-14-4-7-18-8-5-14/h4-5,7-8,12-13H,6,9-11H2,1-3H3,(H,19,21). The first-order chi connectivity index (χ1) is 11.6. The molecule has 0 saturated heterocycles. The number of rotatable bonds is 8. The average molecular weight is 328 g/mol. The average Bonchev–Trinajstić information content (AvgIpc) is 2.60. The molecule has 0 radical (unpaired) electrons. The molecule has 2 heterocycles. The largest absolute Gasteiger partial charge is 0.368 e. The molecule has 7 nitrogen and oxygen atoms in total. The minimum absolute atomic E-state index is 0.128. The number of hydrogen-bond acceptors (Lipinski definition) is 6. The summed E-state index contributed by atoms with van der Waals surface area (Å²) >= 11 is 0. The van der Waals surface area contributed by atoms with E-state index in [2.05, 4.69) is 25.2 Å². The summed E-state index contributed by atoms with van der Waals surface area (Å²) in [7, 11) is 5.79. The van der Waals surface area contributed by atoms with Gasteiger partial charge in [-0.2, -0.15) is 0 Å². The summed E-state index contributed by atoms with van der Waals surface area (Å²) in [6, 6.07) is 3.90. The Bertz CT molecular complexity index is 629. The number of nitrogens with zero attached hydrogens (tertiary/aromatic N) is 5. The van der Waals surface area contributed by atoms with Crippen molar-refractivity contribution in [2.45, 2.75) is 6.42 Å². The normalized spacial score (nSPS) is 10.7. The van der Waals surface area contributed by atoms with Crippen molar-refractivity contribution in [1.29, 1.82) is 0 Å². The number of carbonyl (C=O) groups is 1. The second-order valence-corrected chi connectivity index (χ2v) is 5.85. The summed E-state index contributed by atoms with van der Waals surface area (Å²) in [5, 5.41) is 3.17. The summed E-state index contributed by atoms with van der Waals surface area (Å²) < 4.78 is 0. The molecule has 0 bridgehead atoms. The van der Waals surface area contributed by atoms with Gasteiger partial charge in [-0.25, -0.2) is 9.97 Å². The molecule has 0 aromatic carbocycles. The molecule has 0 aliphatic carbocycles. The van der Waals surface area contributed by atoms with Crippen LogP contribution >= 0.6 is 0 Å². The van der Waals surface area contributed by atoms with Crippen molar-refractivity contribution in [3.05, 3.63) is 48.2 Å². The number of nitrogens with one attached hydrogen (secondary N) is 1. The van der Waals surface area contributed by atoms with E-state index in [9.17, 15) is 4.79 Å². The molecule has 24 heavy (non-hydrogen) atoms. The molecule has 1 amide bonds. The molecule has 7 heteroatoms. The van der Waals surface area contributed by atoms with Gasteiger partial charge >= 0.3 is 0 Å². The van der Waals surface area contributed by atoms with Crippen LogP contribution in [-0.2, 0) is 6.42 Å². The third kappa shape index (κ3) is 5.58. The van der Waals surface area contributed by atoms with Crippen LogP contribution in [0.4, 0.5) is 5.82 Å². The summed E-state index contributed by atoms with van der Waals surface area (Å²) in [5.41, 5.74) is 1.50. The van der Waals surface area contributed by atoms with E-state index in [1.165, 1.54) is 6.20 Å². The second-order valence-electron chi connectivity index (χ2n) is 5.85. The zero-order valence-electron chi connectivity index (χ0n) is 14.4. The van der Waals surface area contributed by atoms with Crippen LogP contribution in [0.1, 0.15) is 16.1 Å². The van der Waals surface area contributed by atoms with Gasteiger partial charge in [-0.3, -0.25) is 9.78 Å². The number of carbonyl (C=O) groups excluding carboxylic acids is 1. The monoisotopic (exact) mass is 328 g/mol. The Morgan fingerprint density at radius 2 is 1.83 bits per heavy atom. The van der Waals surface area contributed by atoms with Crippen molar-refractivity contribution in [1.82, 2.24) is 24.8 Å². The smallest absolute Gasteiger partial charge is 0.273 e. The zero-order chi connectivity index (χ0) is 17.4. The van der Waals surface area contributed by atoms with Crippen LogP contribution in [0.25, 0.3) is 0 Å². The van der Waals surface area contributed by atoms with Gasteiger partial charge in [-0.15, -0.1) is 0 Å². The van der Waals surface area contributed by atoms with Gasteiger partial charge in [0.2, 0.25) is 0 Å². The first-order valence-corrected chi connectivity index (χ1v) is 7.91. The highest BCUT2D eigenvalue weighted by Crippen LogP contribution is 2.05. The molecule has 0 aliphatic rings. The maximum absolute atomic E-state index is 12.4. The lowest BCUT2D eigenvalue weighted by Crippen LogP contribution is -2.29. The van der Waals surface area contributed by atoms with Crippen LogP contribution in [0.2, 0.25) is 0 Å². The van der Waals surface area contributed by atoms with Gasteiger partial charge in [0, 0.05) is 39.1 Å². The number of amides is 1. The van der Waals surface area contributed by atoms with Gasteiger partial charge in [0.25, 0.3) is 5.91 Å². The van der Waals surface area contributed by atoms with Crippen molar-refractivity contribution in [3.8, 4) is 0 Å². The highest BCUT2D eigenvalue weighted by molar-refractivity contribution is 5.91. The Morgan fingerprint density at radius 3 is 2.46 bits per heavy atom. The lowest BCUT2D eigenvalue weighted by atomic mass is 10.2. The predicted molar refractivity (Wildman–Crippen MR) is 94.0 cm³/mol. The Labute approximate surface area is 142 Å². The van der Waals surface area contributed by atoms with Crippen LogP contribution in [-0.4, -0.2) is 71.4 Å². The van der Waals surface area contributed by atoms with Crippen molar-refractivity contribution >= 4 is 11.7 Å². The van der Waals surface area contributed by atoms with Gasteiger partial charge in [0.1, 0.15) is 11.5 Å². The summed E-state index contributed by atoms with van der Waals surface area (Å²) in [6.45, 7) is 2.30. The fraction of sp³-hybridized carbons (Fsp3) is 0.412. The van der Waals surface area contributed by atoms with E-state index in [-0.39, 0.29) is 5.91 Å². The fourth-order valence-corrected chi connectivity index (χ4v) is 2.08. The van der Waals surface area contributed by atoms with Crippen molar-refractivity contribution in [3.63, 3.8) is 0 Å². The highest BCUT2D eigenvalue weighted by Gasteiger charge is 2.13. The maximum Gasteiger partial charge on any atom is 0.273 e. The molecule has 0 saturated carbocycles. The predicted octanol–water partition coefficient (Wildman–Crippen LogP) is 1.16. The van der Waals surface area contributed by atoms with Crippen LogP contribution in [0, 0.1) is 0 Å². The minimum Gasteiger partial charge on any atom is -0.368 e. The summed E-state index contributed by atoms with van der Waals surface area (Å²) in [5.74, 6) is 0.546. The molecule has 2 rings (SSSR count). The molecule has 2 aromatic heterocycles. The molecule has 0 aliphatic heterocycles. The highest BCUT2D eigenvalue weighted by atomic mass is 16.2. The zero-order valence-corrected chi connectivity index (χ0v) is 14.4. The molecule has 128 valence electrons. The molecule has 0 fully saturated rings. The van der Waals surface area contributed by atoms with E-state index in [1.807, 2.05) is 26.2 Å². The minimum atomic E-state index is -0.128. The Morgan fingerprint density at radius 1 is 1.08 bits per heavy atom. The molecule has 0 spiro atoms. The molecule has 1 N–H and O–H groups in total. The fourth-order valence-electron chi connectivity index (χ4n) is 2.08. The molecule has 0 atom stereocenters. The lowest BCUT2D eigenvalue weighted by molar-refractivity contribution is 0.0790. The van der Waals surface area contributed by atoms with Gasteiger partial charge < -0.3 is 15.1 Å². The van der Waals surface area contributed by atoms with Crippen LogP contribution < -0.4 is 5.32 Å². The summed E-state index contributed by atoms with van der Waals surface area (Å²) in [6.07, 6.45) is 7.40. The van der Waals surface area contributed by atoms with E-state index >= 15 is 0 Å². The van der Waals surface area contributed by atoms with E-state index in [1.54, 1.807) is 30.5 Å². The maximum atomic E-state index is 12.4. The van der Waals surface area contributed by atoms with Gasteiger partial charge in [0.15, 0.2) is 0 Å². The van der Waals surface area contributed by atoms with Crippen molar-refractivity contribution in [2.75, 3.05) is 46.1 Å². The van der Waals surface area contributed by atoms with E-state index in [0.29, 0.717) is 18.1 Å². The van der Waals surface area contributed by atoms with E-state index < -0.39 is 0 Å². The van der Waals surface area contributed by atoms with Crippen molar-refractivity contribution < 1.29 is 4.79 Å². The Kier molecular flexibility index (Phi) is 6.62. The van der Waals surface area contributed by atoms with Crippen LogP contribution in [0.15, 0.2) is 36.9 Å². The lowest BCUT2D eigenvalue weighted by Gasteiger charge is -2.16. The molecular formula is C17H24N6O. The number of hydrogen-bond donors (Lipinski definition) is 1. The molecular weight excluding hydrogens is 304 g/mol. The third-order valence-electron chi connectivity index (χ3n) is 3.57. The van der Waals surface area contributed by atoms with Gasteiger partial charge in [-0.05, 0) is 38.2 Å². The molecule has 0 unspecified atom stereocenters. The SMILES string of the molecule is CN(C)CCNc1cnc(C(=O)N(C)CCc2ccncc2)cn1. The van der Waals surface area contributed by atoms with Gasteiger partial charge in [0.05, 0.1) is 12.4 Å². The first-order valence-electron chi connectivity index (χ1n) is 7.91. The number of likely N-dealkylation sites (N-methyl/N-ethyl adjacent to an activating group) is 2.